The van der Waals surface area contributed by atoms with Gasteiger partial charge >= 0.3 is 5.97 Å². The van der Waals surface area contributed by atoms with Gasteiger partial charge in [-0.05, 0) is 6.92 Å². The Hall–Kier alpha value is -1.35. The molecular formula is C12H13ClO3. The van der Waals surface area contributed by atoms with Gasteiger partial charge in [-0.1, -0.05) is 29.8 Å². The lowest BCUT2D eigenvalue weighted by molar-refractivity contribution is -0.140. The number of hydrogen-bond acceptors (Lipinski definition) is 3. The maximum Gasteiger partial charge on any atom is 0.307 e. The molecule has 0 saturated heterocycles. The number of ether oxygens (including phenoxy) is 1. The molecule has 1 aromatic rings. The Balaban J connectivity index is 2.70. The molecule has 0 radical (unpaired) electrons. The van der Waals surface area contributed by atoms with E-state index in [1.54, 1.807) is 12.1 Å². The van der Waals surface area contributed by atoms with Gasteiger partial charge in [-0.3, -0.25) is 9.59 Å². The molecule has 4 heteroatoms. The summed E-state index contributed by atoms with van der Waals surface area (Å²) in [6.45, 7) is 1.93. The molecule has 0 aliphatic carbocycles. The number of rotatable bonds is 4. The summed E-state index contributed by atoms with van der Waals surface area (Å²) in [7, 11) is 1.27. The van der Waals surface area contributed by atoms with E-state index in [1.807, 2.05) is 19.1 Å². The molecule has 1 atom stereocenters. The van der Waals surface area contributed by atoms with Gasteiger partial charge in [-0.2, -0.15) is 0 Å². The fourth-order valence-electron chi connectivity index (χ4n) is 1.22. The van der Waals surface area contributed by atoms with Gasteiger partial charge in [0.05, 0.1) is 13.5 Å². The number of halogens is 1. The van der Waals surface area contributed by atoms with Crippen molar-refractivity contribution in [1.82, 2.24) is 0 Å². The van der Waals surface area contributed by atoms with Crippen LogP contribution >= 0.6 is 11.6 Å². The summed E-state index contributed by atoms with van der Waals surface area (Å²) in [5.74, 6) is -0.743. The van der Waals surface area contributed by atoms with Gasteiger partial charge in [0.1, 0.15) is 5.38 Å². The van der Waals surface area contributed by atoms with Crippen LogP contribution in [0.1, 0.15) is 22.3 Å². The molecule has 0 aliphatic heterocycles. The molecule has 0 amide bonds. The predicted molar refractivity (Wildman–Crippen MR) is 61.8 cm³/mol. The highest BCUT2D eigenvalue weighted by atomic mass is 35.5. The lowest BCUT2D eigenvalue weighted by Gasteiger charge is -2.07. The minimum atomic E-state index is -0.866. The number of hydrogen-bond donors (Lipinski definition) is 0. The van der Waals surface area contributed by atoms with Crippen molar-refractivity contribution in [2.45, 2.75) is 18.7 Å². The first-order valence-electron chi connectivity index (χ1n) is 4.86. The van der Waals surface area contributed by atoms with Crippen LogP contribution in [-0.4, -0.2) is 24.2 Å². The number of methoxy groups -OCH3 is 1. The summed E-state index contributed by atoms with van der Waals surface area (Å²) in [6, 6.07) is 7.05. The zero-order valence-corrected chi connectivity index (χ0v) is 9.95. The van der Waals surface area contributed by atoms with Crippen LogP contribution < -0.4 is 0 Å². The standard InChI is InChI=1S/C12H13ClO3/c1-8-3-5-9(6-4-8)12(15)10(13)7-11(14)16-2/h3-6,10H,7H2,1-2H3. The van der Waals surface area contributed by atoms with E-state index in [9.17, 15) is 9.59 Å². The second-order valence-electron chi connectivity index (χ2n) is 3.48. The summed E-state index contributed by atoms with van der Waals surface area (Å²) < 4.78 is 4.45. The quantitative estimate of drug-likeness (QED) is 0.461. The maximum atomic E-state index is 11.8. The molecule has 0 saturated carbocycles. The SMILES string of the molecule is COC(=O)CC(Cl)C(=O)c1ccc(C)cc1. The molecule has 86 valence electrons. The van der Waals surface area contributed by atoms with Gasteiger partial charge in [0.15, 0.2) is 5.78 Å². The first kappa shape index (κ1) is 12.7. The second-order valence-corrected chi connectivity index (χ2v) is 4.00. The number of Topliss-reactive ketones (excluding diaryl/α,β-unsaturated/α-hetero) is 1. The van der Waals surface area contributed by atoms with Crippen molar-refractivity contribution in [3.05, 3.63) is 35.4 Å². The molecule has 1 aromatic carbocycles. The van der Waals surface area contributed by atoms with Gasteiger partial charge < -0.3 is 4.74 Å². The monoisotopic (exact) mass is 240 g/mol. The highest BCUT2D eigenvalue weighted by Crippen LogP contribution is 2.13. The van der Waals surface area contributed by atoms with Crippen LogP contribution in [0.15, 0.2) is 24.3 Å². The Morgan fingerprint density at radius 2 is 1.88 bits per heavy atom. The largest absolute Gasteiger partial charge is 0.469 e. The van der Waals surface area contributed by atoms with Crippen LogP contribution in [0.2, 0.25) is 0 Å². The van der Waals surface area contributed by atoms with E-state index >= 15 is 0 Å². The third-order valence-electron chi connectivity index (χ3n) is 2.19. The van der Waals surface area contributed by atoms with Crippen molar-refractivity contribution in [1.29, 1.82) is 0 Å². The van der Waals surface area contributed by atoms with E-state index in [0.717, 1.165) is 5.56 Å². The first-order chi connectivity index (χ1) is 7.54. The minimum Gasteiger partial charge on any atom is -0.469 e. The van der Waals surface area contributed by atoms with Crippen LogP contribution in [0.5, 0.6) is 0 Å². The molecule has 0 N–H and O–H groups in total. The number of alkyl halides is 1. The maximum absolute atomic E-state index is 11.8. The normalized spacial score (nSPS) is 11.9. The van der Waals surface area contributed by atoms with E-state index in [4.69, 9.17) is 11.6 Å². The Morgan fingerprint density at radius 3 is 2.38 bits per heavy atom. The molecule has 0 bridgehead atoms. The minimum absolute atomic E-state index is 0.106. The molecule has 3 nitrogen and oxygen atoms in total. The first-order valence-corrected chi connectivity index (χ1v) is 5.30. The summed E-state index contributed by atoms with van der Waals surface area (Å²) in [4.78, 5) is 22.7. The number of esters is 1. The van der Waals surface area contributed by atoms with E-state index in [1.165, 1.54) is 7.11 Å². The summed E-state index contributed by atoms with van der Waals surface area (Å²) >= 11 is 5.83. The van der Waals surface area contributed by atoms with Gasteiger partial charge in [-0.15, -0.1) is 11.6 Å². The Morgan fingerprint density at radius 1 is 1.31 bits per heavy atom. The smallest absolute Gasteiger partial charge is 0.307 e. The lowest BCUT2D eigenvalue weighted by atomic mass is 10.0. The van der Waals surface area contributed by atoms with E-state index in [2.05, 4.69) is 4.74 Å². The Kier molecular flexibility index (Phi) is 4.50. The third-order valence-corrected chi connectivity index (χ3v) is 2.55. The second kappa shape index (κ2) is 5.66. The Labute approximate surface area is 99.4 Å². The molecule has 0 fully saturated rings. The van der Waals surface area contributed by atoms with Crippen molar-refractivity contribution < 1.29 is 14.3 Å². The molecule has 16 heavy (non-hydrogen) atoms. The lowest BCUT2D eigenvalue weighted by Crippen LogP contribution is -2.19. The fourth-order valence-corrected chi connectivity index (χ4v) is 1.47. The van der Waals surface area contributed by atoms with Crippen molar-refractivity contribution in [2.75, 3.05) is 7.11 Å². The zero-order chi connectivity index (χ0) is 12.1. The molecule has 0 aromatic heterocycles. The van der Waals surface area contributed by atoms with E-state index in [-0.39, 0.29) is 12.2 Å². The molecule has 1 unspecified atom stereocenters. The summed E-state index contributed by atoms with van der Waals surface area (Å²) in [5.41, 5.74) is 1.57. The topological polar surface area (TPSA) is 43.4 Å². The molecule has 1 rings (SSSR count). The van der Waals surface area contributed by atoms with E-state index in [0.29, 0.717) is 5.56 Å². The number of aryl methyl sites for hydroxylation is 1. The number of benzene rings is 1. The average Bonchev–Trinajstić information content (AvgIpc) is 2.28. The molecular weight excluding hydrogens is 228 g/mol. The predicted octanol–water partition coefficient (Wildman–Crippen LogP) is 2.35. The van der Waals surface area contributed by atoms with Crippen molar-refractivity contribution >= 4 is 23.4 Å². The van der Waals surface area contributed by atoms with Crippen LogP contribution in [0, 0.1) is 6.92 Å². The average molecular weight is 241 g/mol. The third kappa shape index (κ3) is 3.35. The number of carbonyl (C=O) groups is 2. The molecule has 0 heterocycles. The Bertz CT molecular complexity index is 384. The van der Waals surface area contributed by atoms with Gasteiger partial charge in [0.25, 0.3) is 0 Å². The number of carbonyl (C=O) groups excluding carboxylic acids is 2. The highest BCUT2D eigenvalue weighted by Gasteiger charge is 2.20. The van der Waals surface area contributed by atoms with Crippen molar-refractivity contribution in [2.24, 2.45) is 0 Å². The molecule has 0 spiro atoms. The van der Waals surface area contributed by atoms with Crippen LogP contribution in [0.3, 0.4) is 0 Å². The summed E-state index contributed by atoms with van der Waals surface area (Å²) in [6.07, 6.45) is -0.106. The van der Waals surface area contributed by atoms with Crippen molar-refractivity contribution in [3.63, 3.8) is 0 Å². The summed E-state index contributed by atoms with van der Waals surface area (Å²) in [5, 5.41) is -0.866. The van der Waals surface area contributed by atoms with E-state index < -0.39 is 11.3 Å². The van der Waals surface area contributed by atoms with Crippen LogP contribution in [0.25, 0.3) is 0 Å². The van der Waals surface area contributed by atoms with Crippen LogP contribution in [-0.2, 0) is 9.53 Å². The fraction of sp³-hybridized carbons (Fsp3) is 0.333. The van der Waals surface area contributed by atoms with Gasteiger partial charge in [0.2, 0.25) is 0 Å². The van der Waals surface area contributed by atoms with Gasteiger partial charge in [0, 0.05) is 5.56 Å². The zero-order valence-electron chi connectivity index (χ0n) is 9.20. The van der Waals surface area contributed by atoms with Crippen molar-refractivity contribution in [3.8, 4) is 0 Å². The van der Waals surface area contributed by atoms with Gasteiger partial charge in [-0.25, -0.2) is 0 Å². The number of ketones is 1. The van der Waals surface area contributed by atoms with Crippen LogP contribution in [0.4, 0.5) is 0 Å². The highest BCUT2D eigenvalue weighted by molar-refractivity contribution is 6.34. The molecule has 0 aliphatic rings.